The van der Waals surface area contributed by atoms with Crippen LogP contribution in [0, 0.1) is 5.82 Å². The summed E-state index contributed by atoms with van der Waals surface area (Å²) in [6.07, 6.45) is 5.20. The number of halogens is 1. The smallest absolute Gasteiger partial charge is 0.127 e. The first kappa shape index (κ1) is 16.8. The summed E-state index contributed by atoms with van der Waals surface area (Å²) in [5.41, 5.74) is 3.83. The highest BCUT2D eigenvalue weighted by molar-refractivity contribution is 7.21. The Morgan fingerprint density at radius 3 is 2.68 bits per heavy atom. The van der Waals surface area contributed by atoms with Gasteiger partial charge in [-0.2, -0.15) is 0 Å². The quantitative estimate of drug-likeness (QED) is 0.415. The number of hydrogen-bond donors (Lipinski definition) is 0. The molecule has 0 amide bonds. The molecule has 0 spiro atoms. The fourth-order valence-electron chi connectivity index (χ4n) is 3.30. The van der Waals surface area contributed by atoms with Crippen molar-refractivity contribution >= 4 is 21.6 Å². The van der Waals surface area contributed by atoms with Crippen LogP contribution in [-0.2, 0) is 6.54 Å². The minimum Gasteiger partial charge on any atom is -0.325 e. The number of rotatable bonds is 4. The van der Waals surface area contributed by atoms with E-state index in [9.17, 15) is 4.39 Å². The minimum absolute atomic E-state index is 0.236. The Hall–Kier alpha value is -3.38. The molecule has 3 aromatic heterocycles. The van der Waals surface area contributed by atoms with E-state index in [-0.39, 0.29) is 5.82 Å². The maximum absolute atomic E-state index is 13.7. The van der Waals surface area contributed by atoms with Crippen LogP contribution in [0.3, 0.4) is 0 Å². The maximum Gasteiger partial charge on any atom is 0.127 e. The highest BCUT2D eigenvalue weighted by Gasteiger charge is 2.18. The summed E-state index contributed by atoms with van der Waals surface area (Å²) in [7, 11) is 0. The van der Waals surface area contributed by atoms with Gasteiger partial charge in [0.25, 0.3) is 0 Å². The Morgan fingerprint density at radius 2 is 1.86 bits per heavy atom. The minimum atomic E-state index is -0.236. The zero-order valence-electron chi connectivity index (χ0n) is 14.8. The van der Waals surface area contributed by atoms with Crippen LogP contribution in [0.15, 0.2) is 79.5 Å². The van der Waals surface area contributed by atoms with E-state index < -0.39 is 0 Å². The SMILES string of the molecule is Fc1cccc(Cn2cnc(-c3ccccc3)c2-c2cc3cncnc3s2)c1. The highest BCUT2D eigenvalue weighted by Crippen LogP contribution is 2.37. The monoisotopic (exact) mass is 386 g/mol. The van der Waals surface area contributed by atoms with Gasteiger partial charge >= 0.3 is 0 Å². The normalized spacial score (nSPS) is 11.2. The van der Waals surface area contributed by atoms with Crippen molar-refractivity contribution in [2.45, 2.75) is 6.54 Å². The van der Waals surface area contributed by atoms with Crippen LogP contribution in [0.2, 0.25) is 0 Å². The van der Waals surface area contributed by atoms with Crippen molar-refractivity contribution in [1.82, 2.24) is 19.5 Å². The van der Waals surface area contributed by atoms with Crippen molar-refractivity contribution < 1.29 is 4.39 Å². The lowest BCUT2D eigenvalue weighted by Crippen LogP contribution is -2.00. The molecule has 2 aromatic carbocycles. The second-order valence-corrected chi connectivity index (χ2v) is 7.49. The topological polar surface area (TPSA) is 43.6 Å². The van der Waals surface area contributed by atoms with Crippen LogP contribution in [-0.4, -0.2) is 19.5 Å². The van der Waals surface area contributed by atoms with E-state index in [1.165, 1.54) is 6.07 Å². The van der Waals surface area contributed by atoms with Crippen molar-refractivity contribution in [1.29, 1.82) is 0 Å². The zero-order valence-corrected chi connectivity index (χ0v) is 15.6. The summed E-state index contributed by atoms with van der Waals surface area (Å²) < 4.78 is 15.7. The standard InChI is InChI=1S/C22H15FN4S/c23-18-8-4-5-15(9-18)12-27-14-26-20(16-6-2-1-3-7-16)21(27)19-10-17-11-24-13-25-22(17)28-19/h1-11,13-14H,12H2. The van der Waals surface area contributed by atoms with Crippen LogP contribution in [0.25, 0.3) is 32.0 Å². The number of aromatic nitrogens is 4. The van der Waals surface area contributed by atoms with Gasteiger partial charge in [0.05, 0.1) is 22.6 Å². The molecule has 0 saturated heterocycles. The van der Waals surface area contributed by atoms with Crippen molar-refractivity contribution in [2.24, 2.45) is 0 Å². The van der Waals surface area contributed by atoms with Gasteiger partial charge in [-0.25, -0.2) is 19.3 Å². The third-order valence-electron chi connectivity index (χ3n) is 4.56. The summed E-state index contributed by atoms with van der Waals surface area (Å²) in [6.45, 7) is 0.535. The van der Waals surface area contributed by atoms with Crippen LogP contribution in [0.4, 0.5) is 4.39 Å². The van der Waals surface area contributed by atoms with Gasteiger partial charge in [0, 0.05) is 23.7 Å². The summed E-state index contributed by atoms with van der Waals surface area (Å²) in [4.78, 5) is 15.2. The fourth-order valence-corrected chi connectivity index (χ4v) is 4.34. The molecule has 0 aliphatic carbocycles. The molecule has 136 valence electrons. The van der Waals surface area contributed by atoms with E-state index in [1.807, 2.05) is 48.9 Å². The second kappa shape index (κ2) is 6.98. The third-order valence-corrected chi connectivity index (χ3v) is 5.62. The predicted molar refractivity (Wildman–Crippen MR) is 110 cm³/mol. The molecule has 0 saturated carbocycles. The molecule has 0 aliphatic rings. The number of imidazole rings is 1. The summed E-state index contributed by atoms with van der Waals surface area (Å²) in [6, 6.07) is 18.8. The van der Waals surface area contributed by atoms with E-state index in [0.717, 1.165) is 37.6 Å². The van der Waals surface area contributed by atoms with Gasteiger partial charge in [-0.05, 0) is 23.8 Å². The second-order valence-electron chi connectivity index (χ2n) is 6.46. The van der Waals surface area contributed by atoms with Crippen LogP contribution in [0.5, 0.6) is 0 Å². The first-order chi connectivity index (χ1) is 13.8. The maximum atomic E-state index is 13.7. The Bertz CT molecular complexity index is 1230. The number of thiophene rings is 1. The van der Waals surface area contributed by atoms with Crippen LogP contribution < -0.4 is 0 Å². The molecule has 6 heteroatoms. The molecule has 0 unspecified atom stereocenters. The van der Waals surface area contributed by atoms with Gasteiger partial charge in [0.2, 0.25) is 0 Å². The Labute approximate surface area is 165 Å². The fraction of sp³-hybridized carbons (Fsp3) is 0.0455. The molecule has 0 N–H and O–H groups in total. The molecule has 5 aromatic rings. The van der Waals surface area contributed by atoms with Crippen molar-refractivity contribution in [3.8, 4) is 21.8 Å². The van der Waals surface area contributed by atoms with E-state index in [2.05, 4.69) is 20.6 Å². The van der Waals surface area contributed by atoms with E-state index >= 15 is 0 Å². The first-order valence-electron chi connectivity index (χ1n) is 8.83. The Balaban J connectivity index is 1.68. The zero-order chi connectivity index (χ0) is 18.9. The molecule has 28 heavy (non-hydrogen) atoms. The lowest BCUT2D eigenvalue weighted by Gasteiger charge is -2.09. The lowest BCUT2D eigenvalue weighted by molar-refractivity contribution is 0.623. The number of nitrogens with zero attached hydrogens (tertiary/aromatic N) is 4. The molecular formula is C22H15FN4S. The Morgan fingerprint density at radius 1 is 0.964 bits per heavy atom. The average molecular weight is 386 g/mol. The van der Waals surface area contributed by atoms with Gasteiger partial charge in [-0.1, -0.05) is 42.5 Å². The number of benzene rings is 2. The van der Waals surface area contributed by atoms with Gasteiger partial charge < -0.3 is 4.57 Å². The molecule has 0 radical (unpaired) electrons. The molecule has 3 heterocycles. The van der Waals surface area contributed by atoms with Crippen LogP contribution in [0.1, 0.15) is 5.56 Å². The number of fused-ring (bicyclic) bond motifs is 1. The van der Waals surface area contributed by atoms with Gasteiger partial charge in [0.1, 0.15) is 17.0 Å². The van der Waals surface area contributed by atoms with Gasteiger partial charge in [-0.15, -0.1) is 11.3 Å². The van der Waals surface area contributed by atoms with E-state index in [0.29, 0.717) is 6.54 Å². The Kier molecular flexibility index (Phi) is 4.18. The lowest BCUT2D eigenvalue weighted by atomic mass is 10.1. The van der Waals surface area contributed by atoms with Crippen molar-refractivity contribution in [3.63, 3.8) is 0 Å². The molecule has 4 nitrogen and oxygen atoms in total. The summed E-state index contributed by atoms with van der Waals surface area (Å²) >= 11 is 1.61. The number of hydrogen-bond acceptors (Lipinski definition) is 4. The van der Waals surface area contributed by atoms with Crippen molar-refractivity contribution in [2.75, 3.05) is 0 Å². The molecular weight excluding hydrogens is 371 g/mol. The van der Waals surface area contributed by atoms with Crippen molar-refractivity contribution in [3.05, 3.63) is 90.9 Å². The molecule has 0 aliphatic heterocycles. The summed E-state index contributed by atoms with van der Waals surface area (Å²) in [5.74, 6) is -0.236. The highest BCUT2D eigenvalue weighted by atomic mass is 32.1. The van der Waals surface area contributed by atoms with Crippen LogP contribution >= 0.6 is 11.3 Å². The molecule has 5 rings (SSSR count). The summed E-state index contributed by atoms with van der Waals surface area (Å²) in [5, 5.41) is 1.00. The average Bonchev–Trinajstić information content (AvgIpc) is 3.32. The molecule has 0 fully saturated rings. The van der Waals surface area contributed by atoms with Gasteiger partial charge in [-0.3, -0.25) is 0 Å². The molecule has 0 atom stereocenters. The third kappa shape index (κ3) is 3.08. The van der Waals surface area contributed by atoms with E-state index in [4.69, 9.17) is 4.98 Å². The first-order valence-corrected chi connectivity index (χ1v) is 9.64. The predicted octanol–water partition coefficient (Wildman–Crippen LogP) is 5.41. The van der Waals surface area contributed by atoms with Gasteiger partial charge in [0.15, 0.2) is 0 Å². The van der Waals surface area contributed by atoms with E-state index in [1.54, 1.807) is 29.8 Å². The largest absolute Gasteiger partial charge is 0.325 e. The molecule has 0 bridgehead atoms.